The van der Waals surface area contributed by atoms with Gasteiger partial charge in [-0.3, -0.25) is 19.2 Å². The smallest absolute Gasteiger partial charge is 0.335 e. The fourth-order valence-corrected chi connectivity index (χ4v) is 2.85. The van der Waals surface area contributed by atoms with Crippen molar-refractivity contribution in [3.8, 4) is 11.5 Å². The Kier molecular flexibility index (Phi) is 5.65. The number of hydrogen-bond acceptors (Lipinski definition) is 7. The van der Waals surface area contributed by atoms with Crippen LogP contribution in [0.2, 0.25) is 0 Å². The summed E-state index contributed by atoms with van der Waals surface area (Å²) in [6, 6.07) is 6.19. The molecule has 144 valence electrons. The second-order valence-corrected chi connectivity index (χ2v) is 5.73. The Hall–Kier alpha value is -3.52. The summed E-state index contributed by atoms with van der Waals surface area (Å²) in [7, 11) is 0. The molecule has 0 aromatic heterocycles. The van der Waals surface area contributed by atoms with Crippen LogP contribution in [0.4, 0.5) is 0 Å². The molecule has 0 bridgehead atoms. The number of ether oxygens (including phenoxy) is 2. The number of carboxylic acid groups (broad SMARTS) is 1. The predicted molar refractivity (Wildman–Crippen MR) is 96.6 cm³/mol. The van der Waals surface area contributed by atoms with Crippen molar-refractivity contribution in [2.24, 2.45) is 0 Å². The van der Waals surface area contributed by atoms with Crippen LogP contribution < -0.4 is 9.47 Å². The molecule has 2 aromatic rings. The number of aromatic carboxylic acids is 1. The van der Waals surface area contributed by atoms with Gasteiger partial charge in [0.15, 0.2) is 5.78 Å². The van der Waals surface area contributed by atoms with Gasteiger partial charge in [0.1, 0.15) is 11.5 Å². The summed E-state index contributed by atoms with van der Waals surface area (Å²) in [6.07, 6.45) is 0. The number of esters is 2. The van der Waals surface area contributed by atoms with Crippen LogP contribution in [0.5, 0.6) is 11.5 Å². The van der Waals surface area contributed by atoms with Crippen molar-refractivity contribution >= 4 is 41.9 Å². The summed E-state index contributed by atoms with van der Waals surface area (Å²) in [5.41, 5.74) is -0.967. The molecule has 0 aliphatic heterocycles. The minimum atomic E-state index is -1.36. The zero-order chi connectivity index (χ0) is 19.9. The summed E-state index contributed by atoms with van der Waals surface area (Å²) in [6.45, 7) is 2.22. The Labute approximate surface area is 164 Å². The number of rotatable bonds is 3. The zero-order valence-corrected chi connectivity index (χ0v) is 15.4. The molecule has 2 aromatic carbocycles. The molecular weight excluding hydrogens is 392 g/mol. The van der Waals surface area contributed by atoms with Crippen molar-refractivity contribution in [2.75, 3.05) is 0 Å². The normalized spacial score (nSPS) is 11.6. The summed E-state index contributed by atoms with van der Waals surface area (Å²) < 4.78 is 9.99. The highest BCUT2D eigenvalue weighted by molar-refractivity contribution is 6.30. The van der Waals surface area contributed by atoms with Gasteiger partial charge < -0.3 is 14.6 Å². The van der Waals surface area contributed by atoms with Crippen LogP contribution in [-0.2, 0) is 9.59 Å². The van der Waals surface area contributed by atoms with Gasteiger partial charge >= 0.3 is 17.9 Å². The molecule has 1 aliphatic rings. The van der Waals surface area contributed by atoms with E-state index in [0.29, 0.717) is 0 Å². The van der Waals surface area contributed by atoms with Crippen molar-refractivity contribution < 1.29 is 38.6 Å². The van der Waals surface area contributed by atoms with Gasteiger partial charge in [0.25, 0.3) is 0 Å². The molecule has 0 amide bonds. The lowest BCUT2D eigenvalue weighted by Gasteiger charge is -2.21. The molecule has 0 unspecified atom stereocenters. The van der Waals surface area contributed by atoms with E-state index in [2.05, 4.69) is 0 Å². The van der Waals surface area contributed by atoms with Crippen molar-refractivity contribution in [1.29, 1.82) is 0 Å². The number of carboxylic acids is 1. The van der Waals surface area contributed by atoms with Crippen LogP contribution in [-0.4, -0.2) is 34.6 Å². The molecule has 28 heavy (non-hydrogen) atoms. The third-order valence-electron chi connectivity index (χ3n) is 3.83. The van der Waals surface area contributed by atoms with E-state index in [0.717, 1.165) is 26.0 Å². The van der Waals surface area contributed by atoms with Crippen molar-refractivity contribution in [3.05, 3.63) is 58.1 Å². The van der Waals surface area contributed by atoms with E-state index in [4.69, 9.17) is 9.47 Å². The topological polar surface area (TPSA) is 124 Å². The van der Waals surface area contributed by atoms with E-state index in [1.807, 2.05) is 0 Å². The highest BCUT2D eigenvalue weighted by Crippen LogP contribution is 2.38. The quantitative estimate of drug-likeness (QED) is 0.521. The lowest BCUT2D eigenvalue weighted by atomic mass is 9.82. The van der Waals surface area contributed by atoms with Crippen molar-refractivity contribution in [2.45, 2.75) is 13.8 Å². The fourth-order valence-electron chi connectivity index (χ4n) is 2.85. The molecule has 0 spiro atoms. The summed E-state index contributed by atoms with van der Waals surface area (Å²) in [4.78, 5) is 60.0. The maximum Gasteiger partial charge on any atom is 0.335 e. The maximum absolute atomic E-state index is 13.1. The van der Waals surface area contributed by atoms with Crippen LogP contribution >= 0.6 is 12.4 Å². The standard InChI is InChI=1S/C19H12O8.ClH/c1-8(20)26-13-5-3-4-11-15(13)18(23)16-12(17(11)22)6-10(19(24)25)7-14(16)27-9(2)21;/h3-7H,1-2H3,(H,24,25);1H. The number of halogens is 1. The first-order valence-electron chi connectivity index (χ1n) is 7.71. The van der Waals surface area contributed by atoms with Crippen LogP contribution in [0.1, 0.15) is 56.0 Å². The number of hydrogen-bond donors (Lipinski definition) is 1. The van der Waals surface area contributed by atoms with Crippen LogP contribution in [0.15, 0.2) is 30.3 Å². The van der Waals surface area contributed by atoms with Gasteiger partial charge in [0, 0.05) is 25.0 Å². The number of benzene rings is 2. The van der Waals surface area contributed by atoms with Gasteiger partial charge in [-0.05, 0) is 18.2 Å². The summed E-state index contributed by atoms with van der Waals surface area (Å²) >= 11 is 0. The lowest BCUT2D eigenvalue weighted by Crippen LogP contribution is -2.24. The third kappa shape index (κ3) is 3.49. The van der Waals surface area contributed by atoms with E-state index < -0.39 is 29.5 Å². The number of carbonyl (C=O) groups excluding carboxylic acids is 4. The number of carbonyl (C=O) groups is 5. The Morgan fingerprint density at radius 1 is 0.821 bits per heavy atom. The van der Waals surface area contributed by atoms with E-state index in [1.54, 1.807) is 0 Å². The van der Waals surface area contributed by atoms with Crippen LogP contribution in [0.3, 0.4) is 0 Å². The van der Waals surface area contributed by atoms with Gasteiger partial charge in [-0.2, -0.15) is 0 Å². The van der Waals surface area contributed by atoms with Crippen LogP contribution in [0, 0.1) is 0 Å². The molecule has 3 rings (SSSR count). The van der Waals surface area contributed by atoms with E-state index in [-0.39, 0.29) is 51.7 Å². The molecule has 1 aliphatic carbocycles. The van der Waals surface area contributed by atoms with Gasteiger partial charge in [-0.1, -0.05) is 12.1 Å². The van der Waals surface area contributed by atoms with Crippen molar-refractivity contribution in [3.63, 3.8) is 0 Å². The molecular formula is C19H13ClO8. The minimum Gasteiger partial charge on any atom is -0.478 e. The minimum absolute atomic E-state index is 0. The van der Waals surface area contributed by atoms with E-state index in [9.17, 15) is 29.1 Å². The first-order chi connectivity index (χ1) is 12.7. The first kappa shape index (κ1) is 20.8. The fraction of sp³-hybridized carbons (Fsp3) is 0.105. The van der Waals surface area contributed by atoms with Gasteiger partial charge in [0.2, 0.25) is 5.78 Å². The van der Waals surface area contributed by atoms with E-state index in [1.165, 1.54) is 18.2 Å². The molecule has 0 saturated carbocycles. The molecule has 0 heterocycles. The average Bonchev–Trinajstić information content (AvgIpc) is 2.57. The highest BCUT2D eigenvalue weighted by Gasteiger charge is 2.36. The molecule has 0 atom stereocenters. The summed E-state index contributed by atoms with van der Waals surface area (Å²) in [5.74, 6) is -4.66. The Morgan fingerprint density at radius 2 is 1.39 bits per heavy atom. The summed E-state index contributed by atoms with van der Waals surface area (Å²) in [5, 5.41) is 9.24. The van der Waals surface area contributed by atoms with E-state index >= 15 is 0 Å². The SMILES string of the molecule is CC(=O)Oc1cccc2c1C(=O)c1c(OC(C)=O)cc(C(=O)O)cc1C2=O.Cl. The molecule has 8 nitrogen and oxygen atoms in total. The molecule has 0 saturated heterocycles. The maximum atomic E-state index is 13.1. The van der Waals surface area contributed by atoms with Crippen LogP contribution in [0.25, 0.3) is 0 Å². The van der Waals surface area contributed by atoms with Gasteiger partial charge in [-0.15, -0.1) is 12.4 Å². The zero-order valence-electron chi connectivity index (χ0n) is 14.6. The first-order valence-corrected chi connectivity index (χ1v) is 7.71. The second kappa shape index (κ2) is 7.61. The second-order valence-electron chi connectivity index (χ2n) is 5.73. The third-order valence-corrected chi connectivity index (χ3v) is 3.83. The largest absolute Gasteiger partial charge is 0.478 e. The average molecular weight is 405 g/mol. The molecule has 0 fully saturated rings. The molecule has 1 N–H and O–H groups in total. The lowest BCUT2D eigenvalue weighted by molar-refractivity contribution is -0.132. The molecule has 9 heteroatoms. The number of fused-ring (bicyclic) bond motifs is 2. The van der Waals surface area contributed by atoms with Crippen molar-refractivity contribution in [1.82, 2.24) is 0 Å². The Balaban J connectivity index is 0.00000280. The predicted octanol–water partition coefficient (Wildman–Crippen LogP) is 2.43. The van der Waals surface area contributed by atoms with Gasteiger partial charge in [-0.25, -0.2) is 4.79 Å². The van der Waals surface area contributed by atoms with Gasteiger partial charge in [0.05, 0.1) is 16.7 Å². The highest BCUT2D eigenvalue weighted by atomic mass is 35.5. The Bertz CT molecular complexity index is 1050. The number of ketones is 2. The molecule has 0 radical (unpaired) electrons. The Morgan fingerprint density at radius 3 is 1.96 bits per heavy atom. The monoisotopic (exact) mass is 404 g/mol.